The zero-order valence-electron chi connectivity index (χ0n) is 7.95. The average molecular weight is 350 g/mol. The third-order valence-corrected chi connectivity index (χ3v) is 3.04. The summed E-state index contributed by atoms with van der Waals surface area (Å²) in [5, 5.41) is 9.94. The lowest BCUT2D eigenvalue weighted by atomic mass is 10.1. The molecule has 0 aliphatic heterocycles. The van der Waals surface area contributed by atoms with Crippen LogP contribution in [0.3, 0.4) is 0 Å². The van der Waals surface area contributed by atoms with E-state index in [2.05, 4.69) is 31.9 Å². The van der Waals surface area contributed by atoms with Crippen molar-refractivity contribution in [1.29, 1.82) is 0 Å². The Kier molecular flexibility index (Phi) is 3.47. The molecule has 2 aromatic rings. The summed E-state index contributed by atoms with van der Waals surface area (Å²) in [6, 6.07) is 7.63. The SMILES string of the molecule is OC(c1ccc(Br)o1)c1cc(Br)ccc1F. The smallest absolute Gasteiger partial charge is 0.169 e. The van der Waals surface area contributed by atoms with Crippen LogP contribution < -0.4 is 0 Å². The molecule has 1 N–H and O–H groups in total. The summed E-state index contributed by atoms with van der Waals surface area (Å²) in [6.45, 7) is 0. The van der Waals surface area contributed by atoms with Crippen molar-refractivity contribution in [3.63, 3.8) is 0 Å². The van der Waals surface area contributed by atoms with Crippen LogP contribution in [-0.4, -0.2) is 5.11 Å². The molecular weight excluding hydrogens is 343 g/mol. The Morgan fingerprint density at radius 2 is 1.94 bits per heavy atom. The van der Waals surface area contributed by atoms with Gasteiger partial charge in [-0.2, -0.15) is 0 Å². The van der Waals surface area contributed by atoms with Gasteiger partial charge in [0.05, 0.1) is 0 Å². The molecule has 16 heavy (non-hydrogen) atoms. The average Bonchev–Trinajstić information content (AvgIpc) is 2.67. The standard InChI is InChI=1S/C11H7Br2FO2/c12-6-1-2-8(14)7(5-6)11(15)9-3-4-10(13)16-9/h1-5,11,15H. The van der Waals surface area contributed by atoms with Crippen LogP contribution in [0, 0.1) is 5.82 Å². The molecule has 5 heteroatoms. The van der Waals surface area contributed by atoms with E-state index in [-0.39, 0.29) is 5.56 Å². The summed E-state index contributed by atoms with van der Waals surface area (Å²) in [5.41, 5.74) is 0.177. The summed E-state index contributed by atoms with van der Waals surface area (Å²) in [7, 11) is 0. The van der Waals surface area contributed by atoms with E-state index < -0.39 is 11.9 Å². The van der Waals surface area contributed by atoms with Crippen molar-refractivity contribution >= 4 is 31.9 Å². The first kappa shape index (κ1) is 11.8. The molecule has 1 atom stereocenters. The monoisotopic (exact) mass is 348 g/mol. The number of aliphatic hydroxyl groups excluding tert-OH is 1. The lowest BCUT2D eigenvalue weighted by molar-refractivity contribution is 0.183. The third kappa shape index (κ3) is 2.36. The lowest BCUT2D eigenvalue weighted by Gasteiger charge is -2.09. The Hall–Kier alpha value is -0.650. The summed E-state index contributed by atoms with van der Waals surface area (Å²) < 4.78 is 19.9. The molecule has 2 nitrogen and oxygen atoms in total. The molecule has 0 aliphatic rings. The fourth-order valence-corrected chi connectivity index (χ4v) is 2.05. The minimum atomic E-state index is -1.11. The van der Waals surface area contributed by atoms with Crippen LogP contribution in [0.15, 0.2) is 43.9 Å². The summed E-state index contributed by atoms with van der Waals surface area (Å²) in [6.07, 6.45) is -1.11. The maximum atomic E-state index is 13.5. The first-order valence-corrected chi connectivity index (χ1v) is 6.05. The number of benzene rings is 1. The molecule has 0 aliphatic carbocycles. The fourth-order valence-electron chi connectivity index (χ4n) is 1.35. The molecule has 0 amide bonds. The van der Waals surface area contributed by atoms with Crippen LogP contribution in [0.2, 0.25) is 0 Å². The van der Waals surface area contributed by atoms with Crippen molar-refractivity contribution in [2.75, 3.05) is 0 Å². The molecule has 0 saturated carbocycles. The van der Waals surface area contributed by atoms with E-state index in [4.69, 9.17) is 4.42 Å². The Morgan fingerprint density at radius 3 is 2.56 bits per heavy atom. The zero-order valence-corrected chi connectivity index (χ0v) is 11.1. The predicted octanol–water partition coefficient (Wildman–Crippen LogP) is 4.03. The van der Waals surface area contributed by atoms with Crippen molar-refractivity contribution in [3.8, 4) is 0 Å². The number of hydrogen-bond donors (Lipinski definition) is 1. The van der Waals surface area contributed by atoms with Crippen LogP contribution in [0.4, 0.5) is 4.39 Å². The summed E-state index contributed by atoms with van der Waals surface area (Å²) >= 11 is 6.35. The number of aliphatic hydroxyl groups is 1. The highest BCUT2D eigenvalue weighted by atomic mass is 79.9. The van der Waals surface area contributed by atoms with Crippen molar-refractivity contribution in [1.82, 2.24) is 0 Å². The van der Waals surface area contributed by atoms with Crippen LogP contribution in [0.25, 0.3) is 0 Å². The molecule has 0 fully saturated rings. The van der Waals surface area contributed by atoms with E-state index in [1.807, 2.05) is 0 Å². The van der Waals surface area contributed by atoms with Gasteiger partial charge in [0, 0.05) is 10.0 Å². The first-order valence-electron chi connectivity index (χ1n) is 4.46. The van der Waals surface area contributed by atoms with Crippen LogP contribution >= 0.6 is 31.9 Å². The molecule has 1 unspecified atom stereocenters. The van der Waals surface area contributed by atoms with Gasteiger partial charge in [0.15, 0.2) is 4.67 Å². The Balaban J connectivity index is 2.40. The second kappa shape index (κ2) is 4.69. The summed E-state index contributed by atoms with van der Waals surface area (Å²) in [5.74, 6) is -0.174. The zero-order chi connectivity index (χ0) is 11.7. The molecule has 0 saturated heterocycles. The van der Waals surface area contributed by atoms with Gasteiger partial charge in [0.2, 0.25) is 0 Å². The predicted molar refractivity (Wildman–Crippen MR) is 64.6 cm³/mol. The maximum absolute atomic E-state index is 13.5. The van der Waals surface area contributed by atoms with Crippen molar-refractivity contribution in [2.45, 2.75) is 6.10 Å². The van der Waals surface area contributed by atoms with Gasteiger partial charge in [-0.15, -0.1) is 0 Å². The Morgan fingerprint density at radius 1 is 1.19 bits per heavy atom. The molecule has 1 aromatic heterocycles. The second-order valence-electron chi connectivity index (χ2n) is 3.21. The highest BCUT2D eigenvalue weighted by molar-refractivity contribution is 9.10. The van der Waals surface area contributed by atoms with Crippen molar-refractivity contribution in [3.05, 3.63) is 56.6 Å². The van der Waals surface area contributed by atoms with Gasteiger partial charge < -0.3 is 9.52 Å². The van der Waals surface area contributed by atoms with E-state index in [9.17, 15) is 9.50 Å². The van der Waals surface area contributed by atoms with Gasteiger partial charge in [0.1, 0.15) is 17.7 Å². The van der Waals surface area contributed by atoms with Crippen LogP contribution in [-0.2, 0) is 0 Å². The largest absolute Gasteiger partial charge is 0.451 e. The Labute approximate surface area is 108 Å². The minimum absolute atomic E-state index is 0.177. The van der Waals surface area contributed by atoms with Crippen molar-refractivity contribution in [2.24, 2.45) is 0 Å². The number of rotatable bonds is 2. The number of hydrogen-bond acceptors (Lipinski definition) is 2. The number of halogens is 3. The lowest BCUT2D eigenvalue weighted by Crippen LogP contribution is -2.01. The van der Waals surface area contributed by atoms with E-state index >= 15 is 0 Å². The van der Waals surface area contributed by atoms with E-state index in [0.717, 1.165) is 0 Å². The van der Waals surface area contributed by atoms with Gasteiger partial charge in [-0.05, 0) is 46.3 Å². The second-order valence-corrected chi connectivity index (χ2v) is 4.91. The molecular formula is C11H7Br2FO2. The van der Waals surface area contributed by atoms with Crippen LogP contribution in [0.1, 0.15) is 17.4 Å². The maximum Gasteiger partial charge on any atom is 0.169 e. The highest BCUT2D eigenvalue weighted by Crippen LogP contribution is 2.29. The van der Waals surface area contributed by atoms with Gasteiger partial charge in [0.25, 0.3) is 0 Å². The summed E-state index contributed by atoms with van der Waals surface area (Å²) in [4.78, 5) is 0. The first-order chi connectivity index (χ1) is 7.58. The van der Waals surface area contributed by atoms with E-state index in [1.165, 1.54) is 12.1 Å². The van der Waals surface area contributed by atoms with E-state index in [0.29, 0.717) is 14.9 Å². The van der Waals surface area contributed by atoms with Gasteiger partial charge >= 0.3 is 0 Å². The fraction of sp³-hybridized carbons (Fsp3) is 0.0909. The molecule has 1 aromatic carbocycles. The minimum Gasteiger partial charge on any atom is -0.451 e. The molecule has 0 radical (unpaired) electrons. The molecule has 0 spiro atoms. The van der Waals surface area contributed by atoms with Crippen molar-refractivity contribution < 1.29 is 13.9 Å². The molecule has 0 bridgehead atoms. The van der Waals surface area contributed by atoms with E-state index in [1.54, 1.807) is 18.2 Å². The molecule has 1 heterocycles. The molecule has 84 valence electrons. The van der Waals surface area contributed by atoms with Crippen LogP contribution in [0.5, 0.6) is 0 Å². The topological polar surface area (TPSA) is 33.4 Å². The molecule has 2 rings (SSSR count). The third-order valence-electron chi connectivity index (χ3n) is 2.12. The van der Waals surface area contributed by atoms with Gasteiger partial charge in [-0.25, -0.2) is 4.39 Å². The normalized spacial score (nSPS) is 12.8. The van der Waals surface area contributed by atoms with Gasteiger partial charge in [-0.1, -0.05) is 15.9 Å². The number of furan rings is 1. The Bertz CT molecular complexity index is 510. The van der Waals surface area contributed by atoms with Gasteiger partial charge in [-0.3, -0.25) is 0 Å². The quantitative estimate of drug-likeness (QED) is 0.888. The highest BCUT2D eigenvalue weighted by Gasteiger charge is 2.18.